The Hall–Kier alpha value is -0.900. The lowest BCUT2D eigenvalue weighted by Crippen LogP contribution is -2.03. The van der Waals surface area contributed by atoms with Crippen molar-refractivity contribution in [2.24, 2.45) is 11.3 Å². The van der Waals surface area contributed by atoms with Crippen molar-refractivity contribution < 1.29 is 9.90 Å². The Morgan fingerprint density at radius 1 is 1.69 bits per heavy atom. The number of thiazole rings is 1. The van der Waals surface area contributed by atoms with E-state index in [1.807, 2.05) is 19.2 Å². The van der Waals surface area contributed by atoms with Gasteiger partial charge in [-0.2, -0.15) is 0 Å². The van der Waals surface area contributed by atoms with Gasteiger partial charge in [0.1, 0.15) is 0 Å². The maximum atomic E-state index is 10.9. The van der Waals surface area contributed by atoms with E-state index in [-0.39, 0.29) is 17.3 Å². The summed E-state index contributed by atoms with van der Waals surface area (Å²) < 4.78 is 0. The number of carboxylic acids is 1. The molecule has 0 radical (unpaired) electrons. The fourth-order valence-corrected chi connectivity index (χ4v) is 2.62. The first-order valence-electron chi connectivity index (χ1n) is 4.16. The number of hydrogen-bond acceptors (Lipinski definition) is 3. The van der Waals surface area contributed by atoms with Gasteiger partial charge in [0.25, 0.3) is 0 Å². The van der Waals surface area contributed by atoms with Crippen molar-refractivity contribution in [2.75, 3.05) is 0 Å². The van der Waals surface area contributed by atoms with Crippen LogP contribution in [0.4, 0.5) is 0 Å². The van der Waals surface area contributed by atoms with Crippen LogP contribution in [0.15, 0.2) is 10.9 Å². The molecule has 0 bridgehead atoms. The highest BCUT2D eigenvalue weighted by Crippen LogP contribution is 2.64. The van der Waals surface area contributed by atoms with E-state index in [0.717, 1.165) is 5.69 Å². The summed E-state index contributed by atoms with van der Waals surface area (Å²) in [7, 11) is 0. The fraction of sp³-hybridized carbons (Fsp3) is 0.556. The van der Waals surface area contributed by atoms with Gasteiger partial charge in [-0.25, -0.2) is 4.98 Å². The molecule has 1 aliphatic rings. The van der Waals surface area contributed by atoms with Gasteiger partial charge in [0.2, 0.25) is 0 Å². The van der Waals surface area contributed by atoms with Crippen molar-refractivity contribution >= 4 is 17.3 Å². The van der Waals surface area contributed by atoms with Crippen LogP contribution in [-0.4, -0.2) is 16.1 Å². The van der Waals surface area contributed by atoms with Gasteiger partial charge >= 0.3 is 5.97 Å². The summed E-state index contributed by atoms with van der Waals surface area (Å²) in [4.78, 5) is 15.0. The van der Waals surface area contributed by atoms with Crippen LogP contribution in [0.25, 0.3) is 0 Å². The van der Waals surface area contributed by atoms with E-state index in [9.17, 15) is 4.79 Å². The number of nitrogens with zero attached hydrogens (tertiary/aromatic N) is 1. The summed E-state index contributed by atoms with van der Waals surface area (Å²) in [6, 6.07) is 0. The first kappa shape index (κ1) is 8.69. The zero-order valence-electron chi connectivity index (χ0n) is 7.52. The van der Waals surface area contributed by atoms with Crippen LogP contribution in [0.5, 0.6) is 0 Å². The first-order chi connectivity index (χ1) is 6.05. The van der Waals surface area contributed by atoms with E-state index in [1.54, 1.807) is 5.51 Å². The SMILES string of the molecule is CC1(C)[C@H](C(=O)O)[C@H]1c1cscn1. The average Bonchev–Trinajstić information content (AvgIpc) is 2.50. The molecule has 0 saturated heterocycles. The van der Waals surface area contributed by atoms with E-state index >= 15 is 0 Å². The second-order valence-electron chi connectivity index (χ2n) is 4.03. The molecule has 70 valence electrons. The summed E-state index contributed by atoms with van der Waals surface area (Å²) in [6.45, 7) is 3.96. The Bertz CT molecular complexity index is 331. The predicted octanol–water partition coefficient (Wildman–Crippen LogP) is 1.97. The Balaban J connectivity index is 2.25. The maximum Gasteiger partial charge on any atom is 0.307 e. The Morgan fingerprint density at radius 3 is 2.77 bits per heavy atom. The highest BCUT2D eigenvalue weighted by Gasteiger charge is 2.63. The second kappa shape index (κ2) is 2.54. The fourth-order valence-electron chi connectivity index (χ4n) is 2.03. The minimum atomic E-state index is -0.706. The number of carbonyl (C=O) groups is 1. The highest BCUT2D eigenvalue weighted by atomic mass is 32.1. The van der Waals surface area contributed by atoms with Gasteiger partial charge in [0, 0.05) is 11.3 Å². The molecule has 1 aromatic heterocycles. The molecule has 1 heterocycles. The van der Waals surface area contributed by atoms with E-state index in [0.29, 0.717) is 0 Å². The Labute approximate surface area is 80.4 Å². The first-order valence-corrected chi connectivity index (χ1v) is 5.10. The highest BCUT2D eigenvalue weighted by molar-refractivity contribution is 7.07. The predicted molar refractivity (Wildman–Crippen MR) is 49.8 cm³/mol. The summed E-state index contributed by atoms with van der Waals surface area (Å²) in [5.41, 5.74) is 2.56. The molecular formula is C9H11NO2S. The molecule has 1 fully saturated rings. The van der Waals surface area contributed by atoms with Gasteiger partial charge in [-0.05, 0) is 5.41 Å². The van der Waals surface area contributed by atoms with Gasteiger partial charge in [-0.15, -0.1) is 11.3 Å². The lowest BCUT2D eigenvalue weighted by molar-refractivity contribution is -0.139. The standard InChI is InChI=1S/C9H11NO2S/c1-9(2)6(7(9)8(11)12)5-3-13-4-10-5/h3-4,6-7H,1-2H3,(H,11,12)/t6-,7+/m1/s1. The number of aliphatic carboxylic acids is 1. The van der Waals surface area contributed by atoms with Gasteiger partial charge in [-0.1, -0.05) is 13.8 Å². The molecule has 0 aromatic carbocycles. The zero-order valence-corrected chi connectivity index (χ0v) is 8.34. The van der Waals surface area contributed by atoms with Crippen LogP contribution < -0.4 is 0 Å². The Morgan fingerprint density at radius 2 is 2.38 bits per heavy atom. The molecule has 0 spiro atoms. The molecule has 4 heteroatoms. The van der Waals surface area contributed by atoms with Gasteiger partial charge in [0.15, 0.2) is 0 Å². The third kappa shape index (κ3) is 1.16. The summed E-state index contributed by atoms with van der Waals surface area (Å²) in [5.74, 6) is -0.853. The molecule has 0 amide bonds. The van der Waals surface area contributed by atoms with Crippen LogP contribution >= 0.6 is 11.3 Å². The molecule has 1 saturated carbocycles. The third-order valence-corrected chi connectivity index (χ3v) is 3.47. The summed E-state index contributed by atoms with van der Waals surface area (Å²) in [5, 5.41) is 10.9. The summed E-state index contributed by atoms with van der Waals surface area (Å²) in [6.07, 6.45) is 0. The van der Waals surface area contributed by atoms with Crippen molar-refractivity contribution in [1.82, 2.24) is 4.98 Å². The van der Waals surface area contributed by atoms with Crippen LogP contribution in [0.2, 0.25) is 0 Å². The Kier molecular flexibility index (Phi) is 1.70. The lowest BCUT2D eigenvalue weighted by atomic mass is 10.1. The normalized spacial score (nSPS) is 30.0. The van der Waals surface area contributed by atoms with Crippen LogP contribution in [0.1, 0.15) is 25.5 Å². The van der Waals surface area contributed by atoms with Crippen molar-refractivity contribution in [3.8, 4) is 0 Å². The molecule has 2 atom stereocenters. The molecule has 1 aromatic rings. The van der Waals surface area contributed by atoms with E-state index in [2.05, 4.69) is 4.98 Å². The molecular weight excluding hydrogens is 186 g/mol. The van der Waals surface area contributed by atoms with Gasteiger partial charge in [0.05, 0.1) is 17.1 Å². The quantitative estimate of drug-likeness (QED) is 0.788. The average molecular weight is 197 g/mol. The van der Waals surface area contributed by atoms with Crippen molar-refractivity contribution in [3.63, 3.8) is 0 Å². The van der Waals surface area contributed by atoms with E-state index in [4.69, 9.17) is 5.11 Å². The summed E-state index contributed by atoms with van der Waals surface area (Å²) >= 11 is 1.52. The van der Waals surface area contributed by atoms with E-state index < -0.39 is 5.97 Å². The topological polar surface area (TPSA) is 50.2 Å². The van der Waals surface area contributed by atoms with Crippen LogP contribution in [0.3, 0.4) is 0 Å². The maximum absolute atomic E-state index is 10.9. The van der Waals surface area contributed by atoms with Gasteiger partial charge in [-0.3, -0.25) is 4.79 Å². The molecule has 2 rings (SSSR count). The van der Waals surface area contributed by atoms with Crippen molar-refractivity contribution in [1.29, 1.82) is 0 Å². The van der Waals surface area contributed by atoms with Crippen molar-refractivity contribution in [2.45, 2.75) is 19.8 Å². The lowest BCUT2D eigenvalue weighted by Gasteiger charge is -1.97. The van der Waals surface area contributed by atoms with Crippen molar-refractivity contribution in [3.05, 3.63) is 16.6 Å². The zero-order chi connectivity index (χ0) is 9.64. The molecule has 0 unspecified atom stereocenters. The van der Waals surface area contributed by atoms with Crippen LogP contribution in [0, 0.1) is 11.3 Å². The molecule has 13 heavy (non-hydrogen) atoms. The smallest absolute Gasteiger partial charge is 0.307 e. The van der Waals surface area contributed by atoms with E-state index in [1.165, 1.54) is 11.3 Å². The minimum Gasteiger partial charge on any atom is -0.481 e. The monoisotopic (exact) mass is 197 g/mol. The molecule has 0 aliphatic heterocycles. The van der Waals surface area contributed by atoms with Gasteiger partial charge < -0.3 is 5.11 Å². The second-order valence-corrected chi connectivity index (χ2v) is 4.75. The largest absolute Gasteiger partial charge is 0.481 e. The van der Waals surface area contributed by atoms with Crippen LogP contribution in [-0.2, 0) is 4.79 Å². The number of hydrogen-bond donors (Lipinski definition) is 1. The number of aromatic nitrogens is 1. The molecule has 1 N–H and O–H groups in total. The molecule has 1 aliphatic carbocycles. The third-order valence-electron chi connectivity index (χ3n) is 2.86. The number of carboxylic acid groups (broad SMARTS) is 1. The minimum absolute atomic E-state index is 0.108. The number of rotatable bonds is 2. The molecule has 3 nitrogen and oxygen atoms in total.